The van der Waals surface area contributed by atoms with E-state index in [4.69, 9.17) is 11.6 Å². The topological polar surface area (TPSA) is 70.2 Å². The Bertz CT molecular complexity index is 1020. The van der Waals surface area contributed by atoms with Crippen LogP contribution in [-0.2, 0) is 11.2 Å². The number of hydrogen-bond acceptors (Lipinski definition) is 3. The SMILES string of the molecule is C[C@@]12CC[C@@H](C[C@@H]1C(=O)NCCc1ccc(Cl)cc1)[C@@]1(C2)NC(=O)c2ccccc2N1. The largest absolute Gasteiger partial charge is 0.362 e. The van der Waals surface area contributed by atoms with Crippen LogP contribution in [0.25, 0.3) is 0 Å². The van der Waals surface area contributed by atoms with E-state index in [0.717, 1.165) is 48.4 Å². The van der Waals surface area contributed by atoms with Gasteiger partial charge < -0.3 is 16.0 Å². The summed E-state index contributed by atoms with van der Waals surface area (Å²) in [6.45, 7) is 2.83. The lowest BCUT2D eigenvalue weighted by Gasteiger charge is -2.60. The molecule has 3 N–H and O–H groups in total. The van der Waals surface area contributed by atoms with Gasteiger partial charge in [-0.15, -0.1) is 0 Å². The maximum atomic E-state index is 13.1. The fourth-order valence-corrected chi connectivity index (χ4v) is 6.08. The van der Waals surface area contributed by atoms with E-state index in [1.807, 2.05) is 48.5 Å². The van der Waals surface area contributed by atoms with Crippen LogP contribution in [0, 0.1) is 17.3 Å². The number of para-hydroxylation sites is 1. The van der Waals surface area contributed by atoms with Crippen molar-refractivity contribution in [1.82, 2.24) is 10.6 Å². The van der Waals surface area contributed by atoms with Gasteiger partial charge in [-0.2, -0.15) is 0 Å². The molecule has 4 aliphatic rings. The first kappa shape index (κ1) is 20.4. The number of amides is 2. The molecule has 5 nitrogen and oxygen atoms in total. The molecule has 0 aromatic heterocycles. The Labute approximate surface area is 187 Å². The molecule has 2 aromatic carbocycles. The molecule has 1 heterocycles. The van der Waals surface area contributed by atoms with Crippen molar-refractivity contribution in [1.29, 1.82) is 0 Å². The third-order valence-electron chi connectivity index (χ3n) is 7.61. The number of anilines is 1. The van der Waals surface area contributed by atoms with E-state index in [0.29, 0.717) is 12.1 Å². The van der Waals surface area contributed by atoms with Gasteiger partial charge in [0.25, 0.3) is 5.91 Å². The molecule has 2 bridgehead atoms. The van der Waals surface area contributed by atoms with Gasteiger partial charge in [-0.05, 0) is 67.3 Å². The van der Waals surface area contributed by atoms with Crippen molar-refractivity contribution in [2.24, 2.45) is 17.3 Å². The Morgan fingerprint density at radius 3 is 2.71 bits per heavy atom. The van der Waals surface area contributed by atoms with Crippen LogP contribution < -0.4 is 16.0 Å². The summed E-state index contributed by atoms with van der Waals surface area (Å²) in [7, 11) is 0. The lowest BCUT2D eigenvalue weighted by atomic mass is 9.51. The smallest absolute Gasteiger partial charge is 0.255 e. The van der Waals surface area contributed by atoms with Gasteiger partial charge in [-0.1, -0.05) is 42.8 Å². The summed E-state index contributed by atoms with van der Waals surface area (Å²) in [6.07, 6.45) is 4.36. The first-order chi connectivity index (χ1) is 14.9. The maximum absolute atomic E-state index is 13.1. The zero-order valence-corrected chi connectivity index (χ0v) is 18.5. The molecule has 0 radical (unpaired) electrons. The van der Waals surface area contributed by atoms with Crippen molar-refractivity contribution >= 4 is 29.1 Å². The molecule has 1 spiro atoms. The zero-order valence-electron chi connectivity index (χ0n) is 17.7. The molecule has 4 atom stereocenters. The maximum Gasteiger partial charge on any atom is 0.255 e. The van der Waals surface area contributed by atoms with Crippen LogP contribution in [0.2, 0.25) is 5.02 Å². The number of nitrogens with one attached hydrogen (secondary N) is 3. The molecule has 2 aromatic rings. The van der Waals surface area contributed by atoms with Gasteiger partial charge in [0.05, 0.1) is 5.56 Å². The second-order valence-electron chi connectivity index (χ2n) is 9.62. The number of fused-ring (bicyclic) bond motifs is 3. The molecule has 0 unspecified atom stereocenters. The van der Waals surface area contributed by atoms with Crippen molar-refractivity contribution in [3.8, 4) is 0 Å². The Kier molecular flexibility index (Phi) is 4.97. The lowest BCUT2D eigenvalue weighted by molar-refractivity contribution is -0.139. The summed E-state index contributed by atoms with van der Waals surface area (Å²) in [5.74, 6) is 0.324. The number of carbonyl (C=O) groups is 2. The van der Waals surface area contributed by atoms with Gasteiger partial charge in [-0.3, -0.25) is 9.59 Å². The van der Waals surface area contributed by atoms with Gasteiger partial charge in [0.15, 0.2) is 0 Å². The number of rotatable bonds is 4. The average molecular weight is 438 g/mol. The minimum atomic E-state index is -0.460. The van der Waals surface area contributed by atoms with Crippen LogP contribution in [-0.4, -0.2) is 24.0 Å². The van der Waals surface area contributed by atoms with Crippen LogP contribution in [0.5, 0.6) is 0 Å². The Hall–Kier alpha value is -2.53. The highest BCUT2D eigenvalue weighted by atomic mass is 35.5. The van der Waals surface area contributed by atoms with Crippen molar-refractivity contribution in [3.63, 3.8) is 0 Å². The quantitative estimate of drug-likeness (QED) is 0.664. The second-order valence-corrected chi connectivity index (χ2v) is 10.1. The van der Waals surface area contributed by atoms with Crippen molar-refractivity contribution in [2.45, 2.75) is 44.7 Å². The van der Waals surface area contributed by atoms with E-state index in [1.165, 1.54) is 0 Å². The van der Waals surface area contributed by atoms with Crippen LogP contribution in [0.1, 0.15) is 48.5 Å². The summed E-state index contributed by atoms with van der Waals surface area (Å²) in [6, 6.07) is 15.4. The summed E-state index contributed by atoms with van der Waals surface area (Å²) in [5.41, 5.74) is 2.14. The highest BCUT2D eigenvalue weighted by Crippen LogP contribution is 2.58. The Balaban J connectivity index is 1.27. The summed E-state index contributed by atoms with van der Waals surface area (Å²) in [4.78, 5) is 25.9. The second kappa shape index (κ2) is 7.56. The molecule has 3 saturated carbocycles. The van der Waals surface area contributed by atoms with E-state index in [1.54, 1.807) is 0 Å². The third-order valence-corrected chi connectivity index (χ3v) is 7.87. The van der Waals surface area contributed by atoms with Crippen LogP contribution in [0.15, 0.2) is 48.5 Å². The van der Waals surface area contributed by atoms with Crippen molar-refractivity contribution in [3.05, 3.63) is 64.7 Å². The van der Waals surface area contributed by atoms with Crippen LogP contribution in [0.4, 0.5) is 5.69 Å². The molecule has 1 aliphatic heterocycles. The number of halogens is 1. The predicted molar refractivity (Wildman–Crippen MR) is 122 cm³/mol. The lowest BCUT2D eigenvalue weighted by Crippen LogP contribution is -2.70. The fraction of sp³-hybridized carbons (Fsp3) is 0.440. The highest BCUT2D eigenvalue weighted by Gasteiger charge is 2.60. The third kappa shape index (κ3) is 3.59. The number of benzene rings is 2. The summed E-state index contributed by atoms with van der Waals surface area (Å²) < 4.78 is 0. The van der Waals surface area contributed by atoms with Gasteiger partial charge in [0, 0.05) is 29.1 Å². The fourth-order valence-electron chi connectivity index (χ4n) is 5.96. The molecule has 162 valence electrons. The summed E-state index contributed by atoms with van der Waals surface area (Å²) >= 11 is 5.95. The van der Waals surface area contributed by atoms with Crippen LogP contribution in [0.3, 0.4) is 0 Å². The molecule has 2 amide bonds. The van der Waals surface area contributed by atoms with E-state index < -0.39 is 5.66 Å². The molecule has 6 rings (SSSR count). The molecular formula is C25H28ClN3O2. The molecule has 31 heavy (non-hydrogen) atoms. The molecule has 0 saturated heterocycles. The molecule has 6 heteroatoms. The highest BCUT2D eigenvalue weighted by molar-refractivity contribution is 6.30. The van der Waals surface area contributed by atoms with E-state index in [9.17, 15) is 9.59 Å². The minimum Gasteiger partial charge on any atom is -0.362 e. The molecule has 3 fully saturated rings. The van der Waals surface area contributed by atoms with Crippen molar-refractivity contribution < 1.29 is 9.59 Å². The van der Waals surface area contributed by atoms with E-state index in [-0.39, 0.29) is 29.1 Å². The van der Waals surface area contributed by atoms with Gasteiger partial charge in [0.1, 0.15) is 5.66 Å². The standard InChI is InChI=1S/C25H28ClN3O2/c1-24-12-10-17(25(15-24)28-21-5-3-2-4-19(21)22(30)29-25)14-20(24)23(31)27-13-11-16-6-8-18(26)9-7-16/h2-9,17,20,28H,10-15H2,1H3,(H,27,31)(H,29,30)/t17-,20+,24-,25+/m0/s1. The van der Waals surface area contributed by atoms with Crippen LogP contribution >= 0.6 is 11.6 Å². The Morgan fingerprint density at radius 1 is 1.16 bits per heavy atom. The Morgan fingerprint density at radius 2 is 1.94 bits per heavy atom. The molecular weight excluding hydrogens is 410 g/mol. The normalized spacial score (nSPS) is 31.0. The van der Waals surface area contributed by atoms with Gasteiger partial charge in [-0.25, -0.2) is 0 Å². The monoisotopic (exact) mass is 437 g/mol. The predicted octanol–water partition coefficient (Wildman–Crippen LogP) is 4.38. The van der Waals surface area contributed by atoms with Gasteiger partial charge in [0.2, 0.25) is 5.91 Å². The average Bonchev–Trinajstić information content (AvgIpc) is 2.74. The van der Waals surface area contributed by atoms with Gasteiger partial charge >= 0.3 is 0 Å². The van der Waals surface area contributed by atoms with Crippen molar-refractivity contribution in [2.75, 3.05) is 11.9 Å². The number of carbonyl (C=O) groups excluding carboxylic acids is 2. The summed E-state index contributed by atoms with van der Waals surface area (Å²) in [5, 5.41) is 10.8. The number of hydrogen-bond donors (Lipinski definition) is 3. The zero-order chi connectivity index (χ0) is 21.6. The van der Waals surface area contributed by atoms with E-state index in [2.05, 4.69) is 22.9 Å². The first-order valence-corrected chi connectivity index (χ1v) is 11.5. The molecule has 3 aliphatic carbocycles. The first-order valence-electron chi connectivity index (χ1n) is 11.1. The minimum absolute atomic E-state index is 0.0190. The van der Waals surface area contributed by atoms with E-state index >= 15 is 0 Å².